The zero-order valence-electron chi connectivity index (χ0n) is 24.1. The molecule has 3 atom stereocenters. The minimum Gasteiger partial charge on any atom is -0.367 e. The maximum Gasteiger partial charge on any atom is 0.150 e. The van der Waals surface area contributed by atoms with Crippen LogP contribution in [0.1, 0.15) is 18.4 Å². The number of piperidine rings is 2. The SMILES string of the molecule is CCOCN(C/N=C1/NC(=C(C#N)C#N)C2(C#N)CN(c3ccccc3)CC1(C#N)C2c1ccccc1Cl)c1ccccc1. The van der Waals surface area contributed by atoms with Crippen molar-refractivity contribution in [3.05, 3.63) is 107 Å². The van der Waals surface area contributed by atoms with Gasteiger partial charge in [-0.2, -0.15) is 21.0 Å². The predicted octanol–water partition coefficient (Wildman–Crippen LogP) is 5.72. The fourth-order valence-corrected chi connectivity index (χ4v) is 6.45. The second-order valence-corrected chi connectivity index (χ2v) is 11.0. The molecule has 2 aliphatic rings. The maximum atomic E-state index is 11.2. The van der Waals surface area contributed by atoms with Gasteiger partial charge in [0, 0.05) is 42.0 Å². The summed E-state index contributed by atoms with van der Waals surface area (Å²) < 4.78 is 5.74. The minimum absolute atomic E-state index is 0.0949. The third kappa shape index (κ3) is 5.21. The Morgan fingerprint density at radius 1 is 0.932 bits per heavy atom. The van der Waals surface area contributed by atoms with Crippen LogP contribution in [0.25, 0.3) is 0 Å². The van der Waals surface area contributed by atoms with Crippen molar-refractivity contribution >= 4 is 28.8 Å². The van der Waals surface area contributed by atoms with Gasteiger partial charge in [0.1, 0.15) is 42.2 Å². The zero-order chi connectivity index (χ0) is 31.2. The van der Waals surface area contributed by atoms with Crippen LogP contribution >= 0.6 is 11.6 Å². The molecule has 0 saturated carbocycles. The average molecular weight is 601 g/mol. The summed E-state index contributed by atoms with van der Waals surface area (Å²) in [6.07, 6.45) is 0. The van der Waals surface area contributed by atoms with Crippen molar-refractivity contribution < 1.29 is 4.74 Å². The van der Waals surface area contributed by atoms with E-state index in [2.05, 4.69) is 17.5 Å². The number of fused-ring (bicyclic) bond motifs is 2. The molecule has 0 aromatic heterocycles. The normalized spacial score (nSPS) is 23.0. The smallest absolute Gasteiger partial charge is 0.150 e. The summed E-state index contributed by atoms with van der Waals surface area (Å²) in [7, 11) is 0. The number of nitrogens with one attached hydrogen (secondary N) is 1. The molecule has 2 saturated heterocycles. The third-order valence-corrected chi connectivity index (χ3v) is 8.50. The number of halogens is 1. The van der Waals surface area contributed by atoms with Crippen molar-refractivity contribution in [1.29, 1.82) is 21.0 Å². The Labute approximate surface area is 262 Å². The lowest BCUT2D eigenvalue weighted by Crippen LogP contribution is -2.68. The van der Waals surface area contributed by atoms with E-state index in [4.69, 9.17) is 21.3 Å². The molecular formula is C34H29ClN8O. The van der Waals surface area contributed by atoms with Crippen molar-refractivity contribution in [2.75, 3.05) is 42.9 Å². The van der Waals surface area contributed by atoms with Crippen LogP contribution in [0.2, 0.25) is 5.02 Å². The Morgan fingerprint density at radius 3 is 2.16 bits per heavy atom. The Morgan fingerprint density at radius 2 is 1.55 bits per heavy atom. The first-order valence-electron chi connectivity index (χ1n) is 14.1. The van der Waals surface area contributed by atoms with Gasteiger partial charge in [-0.15, -0.1) is 0 Å². The van der Waals surface area contributed by atoms with Crippen LogP contribution < -0.4 is 15.1 Å². The molecule has 9 nitrogen and oxygen atoms in total. The van der Waals surface area contributed by atoms with Crippen LogP contribution in [0.3, 0.4) is 0 Å². The molecule has 0 aliphatic carbocycles. The number of allylic oxidation sites excluding steroid dienone is 1. The standard InChI is InChI=1S/C34H29ClN8O/c1-2-44-24-43(27-13-7-4-8-14-27)23-40-32-34(20-39)22-42(26-11-5-3-6-12-26)21-33(19-38,31(41-32)25(17-36)18-37)30(34)28-15-9-10-16-29(28)35/h3-16,30H,2,21-24H2,1H3,(H,40,41). The highest BCUT2D eigenvalue weighted by Gasteiger charge is 2.66. The van der Waals surface area contributed by atoms with Crippen LogP contribution in [0.4, 0.5) is 11.4 Å². The lowest BCUT2D eigenvalue weighted by Gasteiger charge is -2.57. The molecule has 3 unspecified atom stereocenters. The quantitative estimate of drug-likeness (QED) is 0.256. The molecule has 0 radical (unpaired) electrons. The minimum atomic E-state index is -1.53. The topological polar surface area (TPSA) is 135 Å². The molecule has 10 heteroatoms. The Kier molecular flexibility index (Phi) is 8.84. The van der Waals surface area contributed by atoms with Gasteiger partial charge in [0.15, 0.2) is 5.57 Å². The zero-order valence-corrected chi connectivity index (χ0v) is 24.9. The van der Waals surface area contributed by atoms with Crippen molar-refractivity contribution in [2.45, 2.75) is 12.8 Å². The average Bonchev–Trinajstić information content (AvgIpc) is 3.07. The second kappa shape index (κ2) is 12.9. The highest BCUT2D eigenvalue weighted by molar-refractivity contribution is 6.31. The van der Waals surface area contributed by atoms with Gasteiger partial charge in [-0.25, -0.2) is 4.99 Å². The maximum absolute atomic E-state index is 11.2. The Bertz CT molecular complexity index is 1730. The van der Waals surface area contributed by atoms with Crippen molar-refractivity contribution in [1.82, 2.24) is 5.32 Å². The highest BCUT2D eigenvalue weighted by Crippen LogP contribution is 2.60. The van der Waals surface area contributed by atoms with Gasteiger partial charge < -0.3 is 19.9 Å². The molecular weight excluding hydrogens is 572 g/mol. The van der Waals surface area contributed by atoms with Gasteiger partial charge in [0.05, 0.1) is 17.8 Å². The van der Waals surface area contributed by atoms with Gasteiger partial charge in [-0.1, -0.05) is 66.2 Å². The molecule has 44 heavy (non-hydrogen) atoms. The van der Waals surface area contributed by atoms with Gasteiger partial charge in [0.2, 0.25) is 0 Å². The van der Waals surface area contributed by atoms with Gasteiger partial charge in [-0.05, 0) is 42.8 Å². The van der Waals surface area contributed by atoms with Crippen LogP contribution in [-0.4, -0.2) is 38.9 Å². The first-order chi connectivity index (χ1) is 21.5. The van der Waals surface area contributed by atoms with E-state index in [9.17, 15) is 21.0 Å². The molecule has 2 aliphatic heterocycles. The number of amidine groups is 1. The Balaban J connectivity index is 1.78. The van der Waals surface area contributed by atoms with E-state index >= 15 is 0 Å². The first kappa shape index (κ1) is 30.1. The van der Waals surface area contributed by atoms with E-state index in [1.54, 1.807) is 24.3 Å². The molecule has 2 bridgehead atoms. The summed E-state index contributed by atoms with van der Waals surface area (Å²) in [6.45, 7) is 3.02. The fraction of sp³-hybridized carbons (Fsp3) is 0.265. The predicted molar refractivity (Wildman–Crippen MR) is 168 cm³/mol. The molecule has 5 rings (SSSR count). The van der Waals surface area contributed by atoms with E-state index in [-0.39, 0.29) is 43.6 Å². The van der Waals surface area contributed by atoms with Crippen LogP contribution in [0.5, 0.6) is 0 Å². The monoisotopic (exact) mass is 600 g/mol. The largest absolute Gasteiger partial charge is 0.367 e. The molecule has 2 heterocycles. The summed E-state index contributed by atoms with van der Waals surface area (Å²) >= 11 is 6.80. The molecule has 0 amide bonds. The summed E-state index contributed by atoms with van der Waals surface area (Å²) in [5.74, 6) is -0.616. The second-order valence-electron chi connectivity index (χ2n) is 10.6. The summed E-state index contributed by atoms with van der Waals surface area (Å²) in [6, 6.07) is 35.2. The van der Waals surface area contributed by atoms with Crippen LogP contribution in [0, 0.1) is 56.2 Å². The lowest BCUT2D eigenvalue weighted by molar-refractivity contribution is 0.147. The number of aliphatic imine (C=N–C) groups is 1. The molecule has 218 valence electrons. The number of rotatable bonds is 8. The third-order valence-electron chi connectivity index (χ3n) is 8.16. The van der Waals surface area contributed by atoms with Crippen LogP contribution in [-0.2, 0) is 4.74 Å². The molecule has 1 N–H and O–H groups in total. The van der Waals surface area contributed by atoms with Crippen molar-refractivity contribution in [3.63, 3.8) is 0 Å². The molecule has 2 fully saturated rings. The lowest BCUT2D eigenvalue weighted by atomic mass is 9.52. The van der Waals surface area contributed by atoms with Crippen molar-refractivity contribution in [3.8, 4) is 24.3 Å². The summed E-state index contributed by atoms with van der Waals surface area (Å²) in [5, 5.41) is 46.0. The summed E-state index contributed by atoms with van der Waals surface area (Å²) in [5.41, 5.74) is -0.880. The first-order valence-corrected chi connectivity index (χ1v) is 14.5. The van der Waals surface area contributed by atoms with Crippen LogP contribution in [0.15, 0.2) is 101 Å². The number of hydrogen-bond acceptors (Lipinski definition) is 8. The number of ether oxygens (including phenoxy) is 1. The van der Waals surface area contributed by atoms with Gasteiger partial charge >= 0.3 is 0 Å². The van der Waals surface area contributed by atoms with E-state index in [1.807, 2.05) is 89.5 Å². The molecule has 3 aromatic carbocycles. The summed E-state index contributed by atoms with van der Waals surface area (Å²) in [4.78, 5) is 8.84. The van der Waals surface area contributed by atoms with E-state index in [0.717, 1.165) is 11.4 Å². The Hall–Kier alpha value is -5.32. The highest BCUT2D eigenvalue weighted by atomic mass is 35.5. The fourth-order valence-electron chi connectivity index (χ4n) is 6.20. The molecule has 0 spiro atoms. The number of nitrogens with zero attached hydrogens (tertiary/aromatic N) is 7. The van der Waals surface area contributed by atoms with Gasteiger partial charge in [0.25, 0.3) is 0 Å². The van der Waals surface area contributed by atoms with E-state index in [1.165, 1.54) is 0 Å². The number of benzene rings is 3. The van der Waals surface area contributed by atoms with Gasteiger partial charge in [-0.3, -0.25) is 0 Å². The number of nitriles is 4. The van der Waals surface area contributed by atoms with Crippen molar-refractivity contribution in [2.24, 2.45) is 15.8 Å². The number of hydrogen-bond donors (Lipinski definition) is 1. The molecule has 3 aromatic rings. The van der Waals surface area contributed by atoms with E-state index in [0.29, 0.717) is 17.2 Å². The number of para-hydroxylation sites is 2. The number of anilines is 2. The van der Waals surface area contributed by atoms with E-state index < -0.39 is 16.7 Å².